The summed E-state index contributed by atoms with van der Waals surface area (Å²) in [6.45, 7) is 7.05. The molecule has 27 heavy (non-hydrogen) atoms. The molecule has 1 aromatic rings. The molecule has 7 nitrogen and oxygen atoms in total. The zero-order valence-corrected chi connectivity index (χ0v) is 16.2. The molecule has 1 amide bonds. The summed E-state index contributed by atoms with van der Waals surface area (Å²) >= 11 is 0. The highest BCUT2D eigenvalue weighted by Gasteiger charge is 2.34. The number of aromatic nitrogens is 1. The predicted octanol–water partition coefficient (Wildman–Crippen LogP) is 1.99. The smallest absolute Gasteiger partial charge is 0.317 e. The highest BCUT2D eigenvalue weighted by Crippen LogP contribution is 2.26. The summed E-state index contributed by atoms with van der Waals surface area (Å²) < 4.78 is 0. The first-order valence-electron chi connectivity index (χ1n) is 9.94. The van der Waals surface area contributed by atoms with Gasteiger partial charge in [-0.1, -0.05) is 13.8 Å². The van der Waals surface area contributed by atoms with E-state index < -0.39 is 5.97 Å². The van der Waals surface area contributed by atoms with Gasteiger partial charge in [0.05, 0.1) is 12.1 Å². The van der Waals surface area contributed by atoms with Crippen molar-refractivity contribution in [1.82, 2.24) is 15.2 Å². The molecule has 0 aromatic carbocycles. The van der Waals surface area contributed by atoms with Gasteiger partial charge >= 0.3 is 5.97 Å². The molecule has 2 fully saturated rings. The maximum atomic E-state index is 12.4. The topological polar surface area (TPSA) is 85.8 Å². The number of carbonyl (C=O) groups excluding carboxylic acids is 1. The molecule has 0 bridgehead atoms. The van der Waals surface area contributed by atoms with Gasteiger partial charge in [0, 0.05) is 31.4 Å². The van der Waals surface area contributed by atoms with E-state index in [1.165, 1.54) is 12.8 Å². The Balaban J connectivity index is 1.47. The number of anilines is 1. The molecule has 0 atom stereocenters. The van der Waals surface area contributed by atoms with E-state index in [1.807, 2.05) is 24.0 Å². The third-order valence-electron chi connectivity index (χ3n) is 5.83. The van der Waals surface area contributed by atoms with E-state index in [0.717, 1.165) is 37.7 Å². The van der Waals surface area contributed by atoms with Gasteiger partial charge in [-0.25, -0.2) is 4.98 Å². The largest absolute Gasteiger partial charge is 0.480 e. The SMILES string of the molecule is CCN(CC(=O)O)C1CC(NC(=O)c2ccc(N3CCC(C)CC3)nc2)C1. The number of carbonyl (C=O) groups is 2. The van der Waals surface area contributed by atoms with Crippen molar-refractivity contribution < 1.29 is 14.7 Å². The predicted molar refractivity (Wildman–Crippen MR) is 104 cm³/mol. The average Bonchev–Trinajstić information content (AvgIpc) is 2.63. The first-order chi connectivity index (χ1) is 13.0. The van der Waals surface area contributed by atoms with Crippen LogP contribution in [0.2, 0.25) is 0 Å². The van der Waals surface area contributed by atoms with Crippen molar-refractivity contribution in [3.05, 3.63) is 23.9 Å². The second kappa shape index (κ2) is 8.69. The van der Waals surface area contributed by atoms with Crippen LogP contribution in [0.4, 0.5) is 5.82 Å². The Hall–Kier alpha value is -2.15. The van der Waals surface area contributed by atoms with Crippen molar-refractivity contribution in [2.45, 2.75) is 51.6 Å². The first kappa shape index (κ1) is 19.6. The number of hydrogen-bond donors (Lipinski definition) is 2. The highest BCUT2D eigenvalue weighted by molar-refractivity contribution is 5.94. The van der Waals surface area contributed by atoms with Gasteiger partial charge in [0.15, 0.2) is 0 Å². The summed E-state index contributed by atoms with van der Waals surface area (Å²) in [5, 5.41) is 12.0. The van der Waals surface area contributed by atoms with Gasteiger partial charge in [-0.05, 0) is 50.3 Å². The molecule has 2 heterocycles. The van der Waals surface area contributed by atoms with Crippen LogP contribution in [0.25, 0.3) is 0 Å². The van der Waals surface area contributed by atoms with Crippen molar-refractivity contribution in [3.63, 3.8) is 0 Å². The molecule has 7 heteroatoms. The van der Waals surface area contributed by atoms with Gasteiger partial charge in [-0.3, -0.25) is 14.5 Å². The van der Waals surface area contributed by atoms with Crippen LogP contribution in [0.3, 0.4) is 0 Å². The lowest BCUT2D eigenvalue weighted by Crippen LogP contribution is -2.54. The van der Waals surface area contributed by atoms with Crippen molar-refractivity contribution in [2.75, 3.05) is 31.1 Å². The third-order valence-corrected chi connectivity index (χ3v) is 5.83. The van der Waals surface area contributed by atoms with Crippen molar-refractivity contribution in [3.8, 4) is 0 Å². The second-order valence-electron chi connectivity index (χ2n) is 7.83. The Bertz CT molecular complexity index is 650. The molecule has 0 spiro atoms. The van der Waals surface area contributed by atoms with Crippen molar-refractivity contribution in [2.24, 2.45) is 5.92 Å². The fourth-order valence-corrected chi connectivity index (χ4v) is 3.89. The molecule has 1 saturated carbocycles. The van der Waals surface area contributed by atoms with E-state index in [4.69, 9.17) is 5.11 Å². The molecular formula is C20H30N4O3. The number of nitrogens with one attached hydrogen (secondary N) is 1. The number of aliphatic carboxylic acids is 1. The summed E-state index contributed by atoms with van der Waals surface area (Å²) in [6.07, 6.45) is 5.61. The third kappa shape index (κ3) is 4.97. The van der Waals surface area contributed by atoms with Crippen LogP contribution in [0.5, 0.6) is 0 Å². The van der Waals surface area contributed by atoms with Gasteiger partial charge < -0.3 is 15.3 Å². The number of carboxylic acids is 1. The van der Waals surface area contributed by atoms with E-state index in [0.29, 0.717) is 12.1 Å². The van der Waals surface area contributed by atoms with Crippen molar-refractivity contribution >= 4 is 17.7 Å². The summed E-state index contributed by atoms with van der Waals surface area (Å²) in [5.74, 6) is 0.802. The molecule has 148 valence electrons. The molecule has 2 N–H and O–H groups in total. The van der Waals surface area contributed by atoms with Gasteiger partial charge in [0.25, 0.3) is 5.91 Å². The average molecular weight is 374 g/mol. The monoisotopic (exact) mass is 374 g/mol. The van der Waals surface area contributed by atoms with Crippen LogP contribution in [-0.2, 0) is 4.79 Å². The number of nitrogens with zero attached hydrogens (tertiary/aromatic N) is 3. The van der Waals surface area contributed by atoms with Crippen LogP contribution in [0, 0.1) is 5.92 Å². The lowest BCUT2D eigenvalue weighted by atomic mass is 9.85. The van der Waals surface area contributed by atoms with Crippen LogP contribution in [-0.4, -0.2) is 65.1 Å². The zero-order chi connectivity index (χ0) is 19.4. The van der Waals surface area contributed by atoms with Gasteiger partial charge in [0.2, 0.25) is 0 Å². The number of likely N-dealkylation sites (N-methyl/N-ethyl adjacent to an activating group) is 1. The highest BCUT2D eigenvalue weighted by atomic mass is 16.4. The Kier molecular flexibility index (Phi) is 6.31. The molecule has 1 aliphatic heterocycles. The van der Waals surface area contributed by atoms with E-state index in [9.17, 15) is 9.59 Å². The fraction of sp³-hybridized carbons (Fsp3) is 0.650. The number of rotatable bonds is 7. The van der Waals surface area contributed by atoms with E-state index >= 15 is 0 Å². The van der Waals surface area contributed by atoms with E-state index in [-0.39, 0.29) is 24.5 Å². The Morgan fingerprint density at radius 2 is 2.00 bits per heavy atom. The second-order valence-corrected chi connectivity index (χ2v) is 7.83. The fourth-order valence-electron chi connectivity index (χ4n) is 3.89. The Morgan fingerprint density at radius 1 is 1.30 bits per heavy atom. The molecule has 2 aliphatic rings. The molecule has 1 aromatic heterocycles. The van der Waals surface area contributed by atoms with E-state index in [2.05, 4.69) is 22.1 Å². The maximum Gasteiger partial charge on any atom is 0.317 e. The Morgan fingerprint density at radius 3 is 2.56 bits per heavy atom. The maximum absolute atomic E-state index is 12.4. The standard InChI is InChI=1S/C20H30N4O3/c1-3-23(13-19(25)26)17-10-16(11-17)22-20(27)15-4-5-18(21-12-15)24-8-6-14(2)7-9-24/h4-5,12,14,16-17H,3,6-11,13H2,1-2H3,(H,22,27)(H,25,26). The summed E-state index contributed by atoms with van der Waals surface area (Å²) in [4.78, 5) is 32.0. The van der Waals surface area contributed by atoms with Crippen LogP contribution >= 0.6 is 0 Å². The normalized spacial score (nSPS) is 23.1. The summed E-state index contributed by atoms with van der Waals surface area (Å²) in [7, 11) is 0. The number of amides is 1. The minimum Gasteiger partial charge on any atom is -0.480 e. The van der Waals surface area contributed by atoms with Gasteiger partial charge in [-0.15, -0.1) is 0 Å². The number of pyridine rings is 1. The zero-order valence-electron chi connectivity index (χ0n) is 16.2. The van der Waals surface area contributed by atoms with Crippen LogP contribution in [0.1, 0.15) is 49.9 Å². The molecule has 1 saturated heterocycles. The summed E-state index contributed by atoms with van der Waals surface area (Å²) in [6, 6.07) is 4.11. The van der Waals surface area contributed by atoms with Gasteiger partial charge in [0.1, 0.15) is 5.82 Å². The first-order valence-corrected chi connectivity index (χ1v) is 9.94. The lowest BCUT2D eigenvalue weighted by Gasteiger charge is -2.42. The van der Waals surface area contributed by atoms with Gasteiger partial charge in [-0.2, -0.15) is 0 Å². The number of hydrogen-bond acceptors (Lipinski definition) is 5. The van der Waals surface area contributed by atoms with Crippen molar-refractivity contribution in [1.29, 1.82) is 0 Å². The summed E-state index contributed by atoms with van der Waals surface area (Å²) in [5.41, 5.74) is 0.575. The van der Waals surface area contributed by atoms with Crippen LogP contribution < -0.4 is 10.2 Å². The molecule has 0 radical (unpaired) electrons. The lowest BCUT2D eigenvalue weighted by molar-refractivity contribution is -0.139. The van der Waals surface area contributed by atoms with E-state index in [1.54, 1.807) is 6.20 Å². The quantitative estimate of drug-likeness (QED) is 0.759. The minimum absolute atomic E-state index is 0.0580. The van der Waals surface area contributed by atoms with Crippen LogP contribution in [0.15, 0.2) is 18.3 Å². The molecular weight excluding hydrogens is 344 g/mol. The molecule has 0 unspecified atom stereocenters. The Labute approximate surface area is 160 Å². The minimum atomic E-state index is -0.807. The molecule has 1 aliphatic carbocycles. The number of carboxylic acid groups (broad SMARTS) is 1. The molecule has 3 rings (SSSR count). The number of piperidine rings is 1.